The number of allylic oxidation sites excluding steroid dienone is 3. The van der Waals surface area contributed by atoms with Gasteiger partial charge in [-0.1, -0.05) is 0 Å². The molecule has 1 aliphatic rings. The maximum Gasteiger partial charge on any atom is -0.0149 e. The maximum atomic E-state index is 4.35. The molecule has 0 radical (unpaired) electrons. The van der Waals surface area contributed by atoms with Crippen LogP contribution in [0.3, 0.4) is 0 Å². The SMILES string of the molecule is CC(C)(C)[NH][Ti]([CH3])([CH3])([C]1=Cc2c(c3ccccc3c3ccccc23)C1)[C](=CC=Cc1ccccc1)c1ccccc1.[SiH4]. The summed E-state index contributed by atoms with van der Waals surface area (Å²) in [5.41, 5.74) is 5.32. The van der Waals surface area contributed by atoms with Gasteiger partial charge in [0.05, 0.1) is 0 Å². The molecule has 0 amide bonds. The van der Waals surface area contributed by atoms with Gasteiger partial charge in [0.25, 0.3) is 0 Å². The summed E-state index contributed by atoms with van der Waals surface area (Å²) >= 11 is -3.88. The second kappa shape index (κ2) is 11.4. The van der Waals surface area contributed by atoms with Crippen LogP contribution in [-0.4, -0.2) is 16.5 Å². The van der Waals surface area contributed by atoms with E-state index in [1.165, 1.54) is 47.7 Å². The molecule has 3 heteroatoms. The second-order valence-electron chi connectivity index (χ2n) is 13.3. The molecule has 0 aromatic heterocycles. The minimum atomic E-state index is -3.88. The first-order valence-corrected chi connectivity index (χ1v) is 20.2. The summed E-state index contributed by atoms with van der Waals surface area (Å²) < 4.78 is 7.36. The van der Waals surface area contributed by atoms with Crippen molar-refractivity contribution in [3.05, 3.63) is 147 Å². The van der Waals surface area contributed by atoms with E-state index < -0.39 is 15.6 Å². The molecule has 1 aliphatic carbocycles. The molecule has 0 fully saturated rings. The number of fused-ring (bicyclic) bond motifs is 6. The normalized spacial score (nSPS) is 14.8. The van der Waals surface area contributed by atoms with E-state index in [1.54, 1.807) is 3.88 Å². The molecular weight excluding hydrogens is 558 g/mol. The minimum absolute atomic E-state index is 0. The molecule has 0 heterocycles. The molecule has 0 unspecified atom stereocenters. The molecule has 5 aromatic carbocycles. The van der Waals surface area contributed by atoms with E-state index in [1.807, 2.05) is 0 Å². The third-order valence-corrected chi connectivity index (χ3v) is 17.8. The van der Waals surface area contributed by atoms with Crippen molar-refractivity contribution in [3.63, 3.8) is 0 Å². The third-order valence-electron chi connectivity index (χ3n) is 8.73. The summed E-state index contributed by atoms with van der Waals surface area (Å²) in [6, 6.07) is 39.5. The number of nitrogens with one attached hydrogen (secondary N) is 1. The molecule has 42 heavy (non-hydrogen) atoms. The minimum Gasteiger partial charge on any atom is -0.0149 e. The fraction of sp³-hybridized carbons (Fsp3) is 0.179. The van der Waals surface area contributed by atoms with Crippen LogP contribution in [0, 0.1) is 0 Å². The summed E-state index contributed by atoms with van der Waals surface area (Å²) in [5.74, 6) is 0. The van der Waals surface area contributed by atoms with Crippen molar-refractivity contribution >= 4 is 48.5 Å². The van der Waals surface area contributed by atoms with E-state index in [4.69, 9.17) is 0 Å². The van der Waals surface area contributed by atoms with Crippen LogP contribution < -0.4 is 3.80 Å². The summed E-state index contributed by atoms with van der Waals surface area (Å²) in [7, 11) is 0. The zero-order valence-electron chi connectivity index (χ0n) is 24.9. The first kappa shape index (κ1) is 30.2. The quantitative estimate of drug-likeness (QED) is 0.116. The van der Waals surface area contributed by atoms with E-state index in [2.05, 4.69) is 169 Å². The van der Waals surface area contributed by atoms with Crippen molar-refractivity contribution in [2.75, 3.05) is 0 Å². The summed E-state index contributed by atoms with van der Waals surface area (Å²) in [4.78, 5) is 0. The van der Waals surface area contributed by atoms with Gasteiger partial charge in [-0.15, -0.1) is 0 Å². The molecule has 0 saturated carbocycles. The van der Waals surface area contributed by atoms with Crippen molar-refractivity contribution in [1.82, 2.24) is 3.80 Å². The van der Waals surface area contributed by atoms with Crippen molar-refractivity contribution in [3.8, 4) is 0 Å². The predicted octanol–water partition coefficient (Wildman–Crippen LogP) is 9.28. The largest absolute Gasteiger partial charge is 0.0149 e. The Balaban J connectivity index is 0.00000353. The monoisotopic (exact) mass is 602 g/mol. The van der Waals surface area contributed by atoms with E-state index in [-0.39, 0.29) is 16.5 Å². The van der Waals surface area contributed by atoms with Crippen LogP contribution >= 0.6 is 0 Å². The van der Waals surface area contributed by atoms with Gasteiger partial charge < -0.3 is 0 Å². The van der Waals surface area contributed by atoms with Gasteiger partial charge in [0.1, 0.15) is 0 Å². The van der Waals surface area contributed by atoms with Crippen LogP contribution in [0.25, 0.3) is 37.6 Å². The molecular formula is C39H44NSiTi. The Labute approximate surface area is 257 Å². The van der Waals surface area contributed by atoms with Crippen LogP contribution in [-0.2, 0) is 22.0 Å². The average Bonchev–Trinajstić information content (AvgIpc) is 3.43. The number of rotatable bonds is 6. The van der Waals surface area contributed by atoms with Crippen molar-refractivity contribution in [2.45, 2.75) is 43.2 Å². The molecule has 6 rings (SSSR count). The zero-order valence-corrected chi connectivity index (χ0v) is 26.5. The van der Waals surface area contributed by atoms with E-state index in [0.717, 1.165) is 6.42 Å². The Morgan fingerprint density at radius 1 is 0.690 bits per heavy atom. The standard InChI is InChI=1S/C17H11.C16H13.C4H10N.2CH3.H4Si.Ti/c1-3-8-14-12(6-1)13-7-2-4-9-15(13)17-11-5-10-16(14)17;1-3-9-15(10-4-1)13-7-8-14-16-11-5-2-6-12-16;1-4(2,3)5;;;;/h1-4,6-10H,11H2;1-13H;5H,1-3H3;2*1H3;1H4;/q;;-1;;;;+1. The topological polar surface area (TPSA) is 12.0 Å². The maximum absolute atomic E-state index is 4.35. The number of benzene rings is 5. The second-order valence-corrected chi connectivity index (χ2v) is 22.9. The Bertz CT molecular complexity index is 1840. The molecule has 0 saturated heterocycles. The molecule has 0 aliphatic heterocycles. The van der Waals surface area contributed by atoms with Crippen molar-refractivity contribution in [1.29, 1.82) is 0 Å². The van der Waals surface area contributed by atoms with Crippen LogP contribution in [0.15, 0.2) is 125 Å². The van der Waals surface area contributed by atoms with Gasteiger partial charge in [0, 0.05) is 0 Å². The molecule has 1 N–H and O–H groups in total. The van der Waals surface area contributed by atoms with Crippen LogP contribution in [0.4, 0.5) is 0 Å². The van der Waals surface area contributed by atoms with E-state index >= 15 is 0 Å². The van der Waals surface area contributed by atoms with Gasteiger partial charge in [-0.25, -0.2) is 0 Å². The number of hydrogen-bond acceptors (Lipinski definition) is 1. The summed E-state index contributed by atoms with van der Waals surface area (Å²) in [6.45, 7) is 6.95. The van der Waals surface area contributed by atoms with Gasteiger partial charge in [-0.05, 0) is 11.0 Å². The van der Waals surface area contributed by atoms with Gasteiger partial charge in [0.15, 0.2) is 0 Å². The molecule has 0 atom stereocenters. The van der Waals surface area contributed by atoms with E-state index in [9.17, 15) is 0 Å². The Hall–Kier alpha value is -3.27. The Morgan fingerprint density at radius 3 is 1.83 bits per heavy atom. The smallest absolute Gasteiger partial charge is 0.0149 e. The third kappa shape index (κ3) is 5.57. The molecule has 0 bridgehead atoms. The van der Waals surface area contributed by atoms with E-state index in [0.29, 0.717) is 0 Å². The van der Waals surface area contributed by atoms with Crippen LogP contribution in [0.2, 0.25) is 10.5 Å². The molecule has 0 spiro atoms. The van der Waals surface area contributed by atoms with Crippen LogP contribution in [0.1, 0.15) is 43.0 Å². The van der Waals surface area contributed by atoms with Crippen molar-refractivity contribution in [2.24, 2.45) is 0 Å². The average molecular weight is 603 g/mol. The number of hydrogen-bond donors (Lipinski definition) is 1. The summed E-state index contributed by atoms with van der Waals surface area (Å²) in [5, 5.41) is 10.6. The molecule has 5 aromatic rings. The predicted molar refractivity (Wildman–Crippen MR) is 189 cm³/mol. The zero-order chi connectivity index (χ0) is 28.7. The van der Waals surface area contributed by atoms with Gasteiger partial charge in [0.2, 0.25) is 0 Å². The Kier molecular flexibility index (Phi) is 8.22. The van der Waals surface area contributed by atoms with Gasteiger partial charge >= 0.3 is 248 Å². The first-order chi connectivity index (χ1) is 19.6. The van der Waals surface area contributed by atoms with Gasteiger partial charge in [-0.2, -0.15) is 0 Å². The van der Waals surface area contributed by atoms with Gasteiger partial charge in [-0.3, -0.25) is 0 Å². The molecule has 213 valence electrons. The fourth-order valence-electron chi connectivity index (χ4n) is 7.16. The molecule has 1 nitrogen and oxygen atoms in total. The summed E-state index contributed by atoms with van der Waals surface area (Å²) in [6.07, 6.45) is 10.4. The Morgan fingerprint density at radius 2 is 1.21 bits per heavy atom. The fourth-order valence-corrected chi connectivity index (χ4v) is 16.2. The first-order valence-electron chi connectivity index (χ1n) is 14.8. The van der Waals surface area contributed by atoms with Crippen LogP contribution in [0.5, 0.6) is 0 Å². The van der Waals surface area contributed by atoms with Crippen molar-refractivity contribution < 1.29 is 15.6 Å².